The zero-order valence-corrected chi connectivity index (χ0v) is 31.7. The van der Waals surface area contributed by atoms with Crippen LogP contribution in [0.25, 0.3) is 0 Å². The minimum absolute atomic E-state index is 0.115. The first-order valence-electron chi connectivity index (χ1n) is 15.3. The largest absolute Gasteiger partial charge is 0.454 e. The molecule has 0 radical (unpaired) electrons. The number of hydrogen-bond acceptors (Lipinski definition) is 7. The van der Waals surface area contributed by atoms with Gasteiger partial charge in [-0.1, -0.05) is 45.5 Å². The highest BCUT2D eigenvalue weighted by Crippen LogP contribution is 2.38. The van der Waals surface area contributed by atoms with Gasteiger partial charge >= 0.3 is 5.97 Å². The van der Waals surface area contributed by atoms with Crippen LogP contribution in [0.2, 0.25) is 51.4 Å². The maximum absolute atomic E-state index is 12.0. The molecule has 0 spiro atoms. The summed E-state index contributed by atoms with van der Waals surface area (Å²) in [5.41, 5.74) is 0.325. The number of carbonyl (C=O) groups excluding carboxylic acids is 2. The summed E-state index contributed by atoms with van der Waals surface area (Å²) < 4.78 is 31.0. The Hall–Kier alpha value is -0.829. The van der Waals surface area contributed by atoms with Gasteiger partial charge in [-0.25, -0.2) is 4.79 Å². The van der Waals surface area contributed by atoms with Crippen LogP contribution in [0.15, 0.2) is 12.2 Å². The molecule has 8 nitrogen and oxygen atoms in total. The first-order valence-corrected chi connectivity index (χ1v) is 24.5. The van der Waals surface area contributed by atoms with E-state index in [0.29, 0.717) is 25.3 Å². The van der Waals surface area contributed by atoms with Crippen LogP contribution < -0.4 is 5.32 Å². The summed E-state index contributed by atoms with van der Waals surface area (Å²) in [6, 6.07) is 2.23. The molecule has 0 aliphatic rings. The van der Waals surface area contributed by atoms with Gasteiger partial charge < -0.3 is 28.4 Å². The van der Waals surface area contributed by atoms with E-state index in [1.54, 1.807) is 6.92 Å². The summed E-state index contributed by atoms with van der Waals surface area (Å²) in [4.78, 5) is 23.1. The van der Waals surface area contributed by atoms with Crippen LogP contribution in [0.3, 0.4) is 0 Å². The van der Waals surface area contributed by atoms with Gasteiger partial charge in [-0.05, 0) is 73.3 Å². The SMILES string of the molecule is C=C(C)C(=O)OC(COCCC[Si](C)(C)OC(C)(C)[Si](C)(C)OC(C)(C)[Si](C)(C)CCCC)COCCNC(C)=O. The highest BCUT2D eigenvalue weighted by molar-refractivity contribution is 6.82. The van der Waals surface area contributed by atoms with E-state index in [9.17, 15) is 9.59 Å². The number of amides is 1. The van der Waals surface area contributed by atoms with Crippen molar-refractivity contribution in [3.63, 3.8) is 0 Å². The lowest BCUT2D eigenvalue weighted by Crippen LogP contribution is -2.65. The monoisotopic (exact) mass is 633 g/mol. The van der Waals surface area contributed by atoms with Crippen LogP contribution in [0.5, 0.6) is 0 Å². The molecule has 0 heterocycles. The van der Waals surface area contributed by atoms with E-state index in [0.717, 1.165) is 12.5 Å². The van der Waals surface area contributed by atoms with Crippen molar-refractivity contribution < 1.29 is 32.7 Å². The van der Waals surface area contributed by atoms with Crippen molar-refractivity contribution in [2.45, 2.75) is 136 Å². The normalized spacial score (nSPS) is 14.1. The minimum Gasteiger partial charge on any atom is -0.454 e. The van der Waals surface area contributed by atoms with Crippen molar-refractivity contribution in [2.24, 2.45) is 0 Å². The number of esters is 1. The Labute approximate surface area is 254 Å². The Morgan fingerprint density at radius 1 is 0.829 bits per heavy atom. The predicted molar refractivity (Wildman–Crippen MR) is 177 cm³/mol. The number of carbonyl (C=O) groups is 2. The average Bonchev–Trinajstić information content (AvgIpc) is 2.80. The van der Waals surface area contributed by atoms with Crippen molar-refractivity contribution in [1.29, 1.82) is 0 Å². The Balaban J connectivity index is 4.95. The van der Waals surface area contributed by atoms with Crippen LogP contribution in [0, 0.1) is 0 Å². The van der Waals surface area contributed by atoms with Crippen LogP contribution in [-0.2, 0) is 32.7 Å². The maximum atomic E-state index is 12.0. The van der Waals surface area contributed by atoms with Crippen molar-refractivity contribution in [3.8, 4) is 0 Å². The van der Waals surface area contributed by atoms with Crippen molar-refractivity contribution in [2.75, 3.05) is 33.0 Å². The lowest BCUT2D eigenvalue weighted by molar-refractivity contribution is -0.151. The molecule has 0 aromatic rings. The molecule has 0 saturated heterocycles. The summed E-state index contributed by atoms with van der Waals surface area (Å²) in [6.45, 7) is 33.7. The molecule has 0 aliphatic carbocycles. The third-order valence-corrected chi connectivity index (χ3v) is 20.2. The summed E-state index contributed by atoms with van der Waals surface area (Å²) in [6.07, 6.45) is 2.79. The van der Waals surface area contributed by atoms with E-state index in [2.05, 4.69) is 85.8 Å². The molecule has 0 fully saturated rings. The Morgan fingerprint density at radius 2 is 1.39 bits per heavy atom. The number of ether oxygens (including phenoxy) is 3. The quantitative estimate of drug-likeness (QED) is 0.0620. The first kappa shape index (κ1) is 40.2. The summed E-state index contributed by atoms with van der Waals surface area (Å²) in [7, 11) is -5.82. The molecule has 1 atom stereocenters. The van der Waals surface area contributed by atoms with Gasteiger partial charge in [-0.3, -0.25) is 4.79 Å². The predicted octanol–water partition coefficient (Wildman–Crippen LogP) is 6.62. The van der Waals surface area contributed by atoms with Gasteiger partial charge in [-0.2, -0.15) is 0 Å². The Kier molecular flexibility index (Phi) is 17.1. The summed E-state index contributed by atoms with van der Waals surface area (Å²) in [5.74, 6) is -0.585. The Bertz CT molecular complexity index is 829. The molecule has 0 aromatic carbocycles. The first-order chi connectivity index (χ1) is 18.6. The molecule has 0 saturated carbocycles. The third-order valence-electron chi connectivity index (χ3n) is 8.19. The fourth-order valence-electron chi connectivity index (χ4n) is 4.38. The molecule has 1 N–H and O–H groups in total. The van der Waals surface area contributed by atoms with Gasteiger partial charge in [0.05, 0.1) is 33.1 Å². The zero-order chi connectivity index (χ0) is 32.1. The van der Waals surface area contributed by atoms with Gasteiger partial charge in [0.25, 0.3) is 0 Å². The van der Waals surface area contributed by atoms with E-state index in [-0.39, 0.29) is 29.6 Å². The number of unbranched alkanes of at least 4 members (excludes halogenated alkanes) is 1. The van der Waals surface area contributed by atoms with E-state index in [1.165, 1.54) is 25.8 Å². The van der Waals surface area contributed by atoms with E-state index in [1.807, 2.05) is 0 Å². The molecule has 1 unspecified atom stereocenters. The van der Waals surface area contributed by atoms with Gasteiger partial charge in [0.15, 0.2) is 8.32 Å². The van der Waals surface area contributed by atoms with Gasteiger partial charge in [0.2, 0.25) is 14.2 Å². The topological polar surface area (TPSA) is 92.3 Å². The fourth-order valence-corrected chi connectivity index (χ4v) is 13.9. The zero-order valence-electron chi connectivity index (χ0n) is 28.7. The van der Waals surface area contributed by atoms with E-state index < -0.39 is 36.8 Å². The molecule has 0 bridgehead atoms. The van der Waals surface area contributed by atoms with Crippen LogP contribution in [0.4, 0.5) is 0 Å². The molecule has 242 valence electrons. The Morgan fingerprint density at radius 3 is 1.90 bits per heavy atom. The van der Waals surface area contributed by atoms with E-state index in [4.69, 9.17) is 23.1 Å². The van der Waals surface area contributed by atoms with Gasteiger partial charge in [0, 0.05) is 30.9 Å². The molecular formula is C30H63NO7Si3. The molecule has 0 aromatic heterocycles. The molecular weight excluding hydrogens is 571 g/mol. The second-order valence-corrected chi connectivity index (χ2v) is 28.2. The second-order valence-electron chi connectivity index (χ2n) is 14.0. The molecule has 1 amide bonds. The van der Waals surface area contributed by atoms with Crippen molar-refractivity contribution in [1.82, 2.24) is 5.32 Å². The lowest BCUT2D eigenvalue weighted by Gasteiger charge is -2.51. The minimum atomic E-state index is -2.22. The van der Waals surface area contributed by atoms with Gasteiger partial charge in [0.1, 0.15) is 6.10 Å². The smallest absolute Gasteiger partial charge is 0.333 e. The molecule has 11 heteroatoms. The van der Waals surface area contributed by atoms with Gasteiger partial charge in [-0.15, -0.1) is 0 Å². The summed E-state index contributed by atoms with van der Waals surface area (Å²) in [5, 5.41) is 2.23. The highest BCUT2D eigenvalue weighted by Gasteiger charge is 2.51. The van der Waals surface area contributed by atoms with Crippen molar-refractivity contribution in [3.05, 3.63) is 12.2 Å². The molecule has 0 aliphatic heterocycles. The van der Waals surface area contributed by atoms with Crippen molar-refractivity contribution >= 4 is 36.6 Å². The van der Waals surface area contributed by atoms with Crippen LogP contribution in [-0.4, -0.2) is 86.1 Å². The van der Waals surface area contributed by atoms with Crippen LogP contribution in [0.1, 0.15) is 67.7 Å². The average molecular weight is 634 g/mol. The number of rotatable bonds is 22. The molecule has 0 rings (SSSR count). The number of hydrogen-bond donors (Lipinski definition) is 1. The lowest BCUT2D eigenvalue weighted by atomic mass is 10.3. The summed E-state index contributed by atoms with van der Waals surface area (Å²) >= 11 is 0. The second kappa shape index (κ2) is 17.5. The molecule has 41 heavy (non-hydrogen) atoms. The maximum Gasteiger partial charge on any atom is 0.333 e. The standard InChI is InChI=1S/C30H63NO7Si3/c1-15-16-21-39(9,10)29(5,6)38-41(13,14)30(7,8)37-40(11,12)22-17-19-34-23-27(36-28(33)25(2)3)24-35-20-18-31-26(4)32/h27H,2,15-24H2,1,3-14H3,(H,31,32). The third kappa shape index (κ3) is 15.5. The van der Waals surface area contributed by atoms with E-state index >= 15 is 0 Å². The number of nitrogens with one attached hydrogen (secondary N) is 1. The highest BCUT2D eigenvalue weighted by atomic mass is 28.4. The fraction of sp³-hybridized carbons (Fsp3) is 0.867. The van der Waals surface area contributed by atoms with Crippen LogP contribution >= 0.6 is 0 Å².